The van der Waals surface area contributed by atoms with Crippen LogP contribution >= 0.6 is 0 Å². The van der Waals surface area contributed by atoms with Crippen molar-refractivity contribution in [3.63, 3.8) is 0 Å². The van der Waals surface area contributed by atoms with Crippen molar-refractivity contribution in [2.75, 3.05) is 79.1 Å². The second-order valence-electron chi connectivity index (χ2n) is 13.8. The Bertz CT molecular complexity index is 1400. The van der Waals surface area contributed by atoms with E-state index in [1.54, 1.807) is 12.1 Å². The maximum atomic E-state index is 12.3. The lowest BCUT2D eigenvalue weighted by Gasteiger charge is -2.14. The Balaban J connectivity index is 1.93. The van der Waals surface area contributed by atoms with Gasteiger partial charge in [0, 0.05) is 32.5 Å². The maximum Gasteiger partial charge on any atom is 0.335 e. The van der Waals surface area contributed by atoms with Crippen LogP contribution in [0.3, 0.4) is 0 Å². The Labute approximate surface area is 353 Å². The summed E-state index contributed by atoms with van der Waals surface area (Å²) in [5.74, 6) is -2.90. The first-order valence-electron chi connectivity index (χ1n) is 20.5. The van der Waals surface area contributed by atoms with Crippen LogP contribution in [0.25, 0.3) is 0 Å². The molecular formula is C40H64BN5O14. The Kier molecular flexibility index (Phi) is 31.3. The van der Waals surface area contributed by atoms with Crippen molar-refractivity contribution < 1.29 is 67.5 Å². The summed E-state index contributed by atoms with van der Waals surface area (Å²) >= 11 is 0. The van der Waals surface area contributed by atoms with E-state index in [4.69, 9.17) is 42.4 Å². The van der Waals surface area contributed by atoms with Gasteiger partial charge in [0.05, 0.1) is 63.5 Å². The minimum Gasteiger partial charge on any atom is -0.494 e. The molecule has 0 aliphatic carbocycles. The van der Waals surface area contributed by atoms with E-state index in [-0.39, 0.29) is 114 Å². The van der Waals surface area contributed by atoms with Gasteiger partial charge in [0.25, 0.3) is 0 Å². The summed E-state index contributed by atoms with van der Waals surface area (Å²) in [6.45, 7) is 2.36. The number of aliphatic carboxylic acids is 1. The van der Waals surface area contributed by atoms with Gasteiger partial charge >= 0.3 is 11.9 Å². The molecule has 1 aromatic rings. The van der Waals surface area contributed by atoms with Gasteiger partial charge in [-0.15, -0.1) is 0 Å². The smallest absolute Gasteiger partial charge is 0.335 e. The molecule has 19 nitrogen and oxygen atoms in total. The molecule has 1 aromatic carbocycles. The Morgan fingerprint density at radius 3 is 1.67 bits per heavy atom. The van der Waals surface area contributed by atoms with Crippen LogP contribution in [0.4, 0.5) is 0 Å². The zero-order valence-electron chi connectivity index (χ0n) is 34.6. The third kappa shape index (κ3) is 30.4. The molecule has 0 saturated carbocycles. The molecule has 0 unspecified atom stereocenters. The molecule has 0 bridgehead atoms. The number of benzene rings is 1. The molecule has 2 radical (unpaired) electrons. The summed E-state index contributed by atoms with van der Waals surface area (Å²) in [5.41, 5.74) is 5.21. The standard InChI is InChI=1S/C40H64BN5O14/c41-38(51)32(42)10-7-8-18-43-36(49)28-58-26-25-57-23-20-45-37(50)29-59-27-24-56-22-19-44-34(47)17-16-33(40(54)55)46-35(48)11-6-4-2-1-3-5-9-21-60-31-14-12-30(13-15-31)39(52)53/h12-15,32-33H,1-11,16-29,42H2,(H,43,49)(H,44,47)(H,45,50)(H,46,48)(H,52,53)(H,54,55)/t32-,33-/m0/s1. The van der Waals surface area contributed by atoms with Gasteiger partial charge in [0.2, 0.25) is 23.6 Å². The number of carboxylic acid groups (broad SMARTS) is 2. The van der Waals surface area contributed by atoms with Gasteiger partial charge in [-0.25, -0.2) is 9.59 Å². The van der Waals surface area contributed by atoms with Crippen molar-refractivity contribution in [2.24, 2.45) is 5.73 Å². The number of unbranched alkanes of at least 4 members (excludes halogenated alkanes) is 7. The fourth-order valence-electron chi connectivity index (χ4n) is 5.30. The number of hydrogen-bond donors (Lipinski definition) is 7. The van der Waals surface area contributed by atoms with Gasteiger partial charge in [-0.2, -0.15) is 0 Å². The summed E-state index contributed by atoms with van der Waals surface area (Å²) in [7, 11) is 5.09. The molecule has 1 rings (SSSR count). The number of nitrogens with two attached hydrogens (primary N) is 1. The van der Waals surface area contributed by atoms with Gasteiger partial charge < -0.3 is 65.7 Å². The highest BCUT2D eigenvalue weighted by Gasteiger charge is 2.21. The lowest BCUT2D eigenvalue weighted by molar-refractivity contribution is -0.142. The number of rotatable bonds is 39. The first-order chi connectivity index (χ1) is 28.9. The molecule has 0 aliphatic rings. The Morgan fingerprint density at radius 2 is 1.10 bits per heavy atom. The summed E-state index contributed by atoms with van der Waals surface area (Å²) in [6.07, 6.45) is 8.16. The molecule has 0 heterocycles. The number of nitrogens with one attached hydrogen (secondary N) is 4. The Hall–Kier alpha value is -4.63. The molecule has 4 amide bonds. The van der Waals surface area contributed by atoms with Crippen molar-refractivity contribution in [1.29, 1.82) is 0 Å². The molecule has 0 aliphatic heterocycles. The average molecular weight is 850 g/mol. The van der Waals surface area contributed by atoms with Crippen LogP contribution in [0.1, 0.15) is 93.8 Å². The molecule has 2 atom stereocenters. The first-order valence-corrected chi connectivity index (χ1v) is 20.5. The monoisotopic (exact) mass is 849 g/mol. The number of carbonyl (C=O) groups excluding carboxylic acids is 5. The van der Waals surface area contributed by atoms with Gasteiger partial charge in [-0.3, -0.25) is 19.2 Å². The summed E-state index contributed by atoms with van der Waals surface area (Å²) in [5, 5.41) is 28.9. The number of carbonyl (C=O) groups is 7. The van der Waals surface area contributed by atoms with Crippen LogP contribution < -0.4 is 31.7 Å². The SMILES string of the molecule is [B]C(=O)[C@@H](N)CCCCNC(=O)COCCOCCNC(=O)COCCOCCNC(=O)CC[C@H](NC(=O)CCCCCCCCCOc1ccc(C(=O)O)cc1)C(=O)O. The van der Waals surface area contributed by atoms with E-state index < -0.39 is 29.7 Å². The van der Waals surface area contributed by atoms with Crippen molar-refractivity contribution in [3.05, 3.63) is 29.8 Å². The van der Waals surface area contributed by atoms with E-state index in [0.717, 1.165) is 38.5 Å². The van der Waals surface area contributed by atoms with E-state index in [2.05, 4.69) is 21.3 Å². The van der Waals surface area contributed by atoms with E-state index in [1.807, 2.05) is 0 Å². The van der Waals surface area contributed by atoms with Crippen LogP contribution in [-0.4, -0.2) is 150 Å². The third-order valence-corrected chi connectivity index (χ3v) is 8.69. The minimum atomic E-state index is -1.21. The molecule has 0 spiro atoms. The second-order valence-corrected chi connectivity index (χ2v) is 13.8. The fraction of sp³-hybridized carbons (Fsp3) is 0.675. The average Bonchev–Trinajstić information content (AvgIpc) is 3.21. The van der Waals surface area contributed by atoms with Gasteiger partial charge in [-0.05, 0) is 62.8 Å². The second kappa shape index (κ2) is 35.2. The highest BCUT2D eigenvalue weighted by atomic mass is 16.5. The third-order valence-electron chi connectivity index (χ3n) is 8.69. The quantitative estimate of drug-likeness (QED) is 0.0357. The number of amides is 4. The molecule has 8 N–H and O–H groups in total. The summed E-state index contributed by atoms with van der Waals surface area (Å²) in [4.78, 5) is 81.5. The molecular weight excluding hydrogens is 785 g/mol. The van der Waals surface area contributed by atoms with E-state index in [9.17, 15) is 38.7 Å². The molecule has 336 valence electrons. The number of hydrogen-bond acceptors (Lipinski definition) is 13. The van der Waals surface area contributed by atoms with Gasteiger partial charge in [0.15, 0.2) is 7.85 Å². The van der Waals surface area contributed by atoms with Crippen LogP contribution in [0.15, 0.2) is 24.3 Å². The normalized spacial score (nSPS) is 11.9. The summed E-state index contributed by atoms with van der Waals surface area (Å²) in [6, 6.07) is 4.44. The molecule has 0 fully saturated rings. The molecule has 0 saturated heterocycles. The number of aromatic carboxylic acids is 1. The van der Waals surface area contributed by atoms with Crippen molar-refractivity contribution >= 4 is 49.1 Å². The van der Waals surface area contributed by atoms with Gasteiger partial charge in [0.1, 0.15) is 25.0 Å². The number of carboxylic acids is 2. The molecule has 0 aromatic heterocycles. The lowest BCUT2D eigenvalue weighted by Crippen LogP contribution is -2.41. The van der Waals surface area contributed by atoms with Crippen molar-refractivity contribution in [2.45, 2.75) is 95.6 Å². The van der Waals surface area contributed by atoms with Crippen LogP contribution in [0.2, 0.25) is 0 Å². The first kappa shape index (κ1) is 53.4. The van der Waals surface area contributed by atoms with Crippen LogP contribution in [0, 0.1) is 0 Å². The zero-order chi connectivity index (χ0) is 44.2. The van der Waals surface area contributed by atoms with E-state index in [1.165, 1.54) is 12.1 Å². The maximum absolute atomic E-state index is 12.3. The lowest BCUT2D eigenvalue weighted by atomic mass is 9.92. The zero-order valence-corrected chi connectivity index (χ0v) is 34.6. The van der Waals surface area contributed by atoms with E-state index in [0.29, 0.717) is 44.6 Å². The minimum absolute atomic E-state index is 0.0527. The predicted molar refractivity (Wildman–Crippen MR) is 220 cm³/mol. The van der Waals surface area contributed by atoms with Crippen molar-refractivity contribution in [1.82, 2.24) is 21.3 Å². The topological polar surface area (TPSA) is 280 Å². The highest BCUT2D eigenvalue weighted by Crippen LogP contribution is 2.14. The Morgan fingerprint density at radius 1 is 0.567 bits per heavy atom. The molecule has 60 heavy (non-hydrogen) atoms. The van der Waals surface area contributed by atoms with E-state index >= 15 is 0 Å². The van der Waals surface area contributed by atoms with Crippen molar-refractivity contribution in [3.8, 4) is 5.75 Å². The van der Waals surface area contributed by atoms with Crippen LogP contribution in [0.5, 0.6) is 5.75 Å². The predicted octanol–water partition coefficient (Wildman–Crippen LogP) is 0.842. The molecule has 20 heteroatoms. The summed E-state index contributed by atoms with van der Waals surface area (Å²) < 4.78 is 26.9. The number of ether oxygens (including phenoxy) is 5. The van der Waals surface area contributed by atoms with Crippen LogP contribution in [-0.2, 0) is 47.7 Å². The van der Waals surface area contributed by atoms with Gasteiger partial charge in [-0.1, -0.05) is 32.1 Å². The largest absolute Gasteiger partial charge is 0.494 e. The highest BCUT2D eigenvalue weighted by molar-refractivity contribution is 6.59. The fourth-order valence-corrected chi connectivity index (χ4v) is 5.30.